The zero-order chi connectivity index (χ0) is 10.1. The molecule has 2 aromatic rings. The zero-order valence-electron chi connectivity index (χ0n) is 7.77. The molecule has 0 saturated carbocycles. The fraction of sp³-hybridized carbons (Fsp3) is 0.200. The summed E-state index contributed by atoms with van der Waals surface area (Å²) in [5, 5.41) is 8.60. The molecule has 0 radical (unpaired) electrons. The smallest absolute Gasteiger partial charge is 0.309 e. The summed E-state index contributed by atoms with van der Waals surface area (Å²) >= 11 is 0. The number of rotatable bonds is 2. The molecule has 0 aliphatic heterocycles. The Labute approximate surface area is 80.8 Å². The standard InChI is InChI=1S/C10H10N2O2/c1-7-2-3-12-6-8(5-10(13)14)11-9(12)4-7/h2-4,6H,5H2,1H3,(H,13,14). The number of fused-ring (bicyclic) bond motifs is 1. The van der Waals surface area contributed by atoms with Crippen LogP contribution in [0.3, 0.4) is 0 Å². The van der Waals surface area contributed by atoms with E-state index in [-0.39, 0.29) is 6.42 Å². The Hall–Kier alpha value is -1.84. The lowest BCUT2D eigenvalue weighted by Crippen LogP contribution is -1.99. The van der Waals surface area contributed by atoms with E-state index in [1.54, 1.807) is 6.20 Å². The first kappa shape index (κ1) is 8.74. The van der Waals surface area contributed by atoms with Gasteiger partial charge in [0.15, 0.2) is 0 Å². The van der Waals surface area contributed by atoms with Gasteiger partial charge in [0.25, 0.3) is 0 Å². The van der Waals surface area contributed by atoms with Crippen molar-refractivity contribution in [1.29, 1.82) is 0 Å². The molecule has 4 heteroatoms. The van der Waals surface area contributed by atoms with Crippen LogP contribution in [0.5, 0.6) is 0 Å². The third-order valence-corrected chi connectivity index (χ3v) is 2.00. The number of carbonyl (C=O) groups is 1. The van der Waals surface area contributed by atoms with Crippen molar-refractivity contribution in [3.8, 4) is 0 Å². The topological polar surface area (TPSA) is 54.6 Å². The average molecular weight is 190 g/mol. The van der Waals surface area contributed by atoms with E-state index < -0.39 is 5.97 Å². The molecule has 4 nitrogen and oxygen atoms in total. The molecular formula is C10H10N2O2. The van der Waals surface area contributed by atoms with Crippen LogP contribution in [-0.4, -0.2) is 20.5 Å². The molecule has 0 fully saturated rings. The van der Waals surface area contributed by atoms with Gasteiger partial charge in [-0.2, -0.15) is 0 Å². The Balaban J connectivity index is 2.46. The molecule has 0 spiro atoms. The highest BCUT2D eigenvalue weighted by molar-refractivity contribution is 5.69. The first-order chi connectivity index (χ1) is 6.65. The maximum absolute atomic E-state index is 10.5. The summed E-state index contributed by atoms with van der Waals surface area (Å²) in [6, 6.07) is 3.88. The molecule has 14 heavy (non-hydrogen) atoms. The summed E-state index contributed by atoms with van der Waals surface area (Å²) in [6.07, 6.45) is 3.59. The Morgan fingerprint density at radius 2 is 2.43 bits per heavy atom. The van der Waals surface area contributed by atoms with Crippen LogP contribution >= 0.6 is 0 Å². The minimum atomic E-state index is -0.856. The highest BCUT2D eigenvalue weighted by Crippen LogP contribution is 2.07. The Morgan fingerprint density at radius 1 is 1.64 bits per heavy atom. The van der Waals surface area contributed by atoms with E-state index in [1.807, 2.05) is 29.7 Å². The Bertz CT molecular complexity index is 488. The van der Waals surface area contributed by atoms with Crippen LogP contribution in [0.15, 0.2) is 24.5 Å². The molecule has 72 valence electrons. The number of carboxylic acids is 1. The van der Waals surface area contributed by atoms with E-state index >= 15 is 0 Å². The molecule has 0 bridgehead atoms. The van der Waals surface area contributed by atoms with Gasteiger partial charge < -0.3 is 9.51 Å². The molecule has 2 aromatic heterocycles. The maximum Gasteiger partial charge on any atom is 0.309 e. The molecule has 2 rings (SSSR count). The number of aliphatic carboxylic acids is 1. The van der Waals surface area contributed by atoms with Crippen LogP contribution in [0.25, 0.3) is 5.65 Å². The lowest BCUT2D eigenvalue weighted by molar-refractivity contribution is -0.136. The lowest BCUT2D eigenvalue weighted by atomic mass is 10.3. The van der Waals surface area contributed by atoms with Gasteiger partial charge in [-0.15, -0.1) is 0 Å². The van der Waals surface area contributed by atoms with Gasteiger partial charge in [-0.05, 0) is 24.6 Å². The van der Waals surface area contributed by atoms with Crippen LogP contribution in [0, 0.1) is 6.92 Å². The van der Waals surface area contributed by atoms with Crippen molar-refractivity contribution in [3.05, 3.63) is 35.8 Å². The molecule has 0 atom stereocenters. The number of aryl methyl sites for hydroxylation is 1. The molecule has 1 N–H and O–H groups in total. The number of imidazole rings is 1. The van der Waals surface area contributed by atoms with Crippen LogP contribution in [0.4, 0.5) is 0 Å². The molecule has 0 saturated heterocycles. The first-order valence-electron chi connectivity index (χ1n) is 4.31. The second-order valence-corrected chi connectivity index (χ2v) is 3.27. The molecule has 0 aromatic carbocycles. The Morgan fingerprint density at radius 3 is 3.14 bits per heavy atom. The predicted octanol–water partition coefficient (Wildman–Crippen LogP) is 1.27. The third-order valence-electron chi connectivity index (χ3n) is 2.00. The fourth-order valence-corrected chi connectivity index (χ4v) is 1.38. The lowest BCUT2D eigenvalue weighted by Gasteiger charge is -1.92. The summed E-state index contributed by atoms with van der Waals surface area (Å²) in [5.41, 5.74) is 2.49. The van der Waals surface area contributed by atoms with Crippen molar-refractivity contribution < 1.29 is 9.90 Å². The zero-order valence-corrected chi connectivity index (χ0v) is 7.77. The van der Waals surface area contributed by atoms with Crippen LogP contribution in [0.1, 0.15) is 11.3 Å². The van der Waals surface area contributed by atoms with Crippen molar-refractivity contribution in [2.24, 2.45) is 0 Å². The fourth-order valence-electron chi connectivity index (χ4n) is 1.38. The second kappa shape index (κ2) is 3.14. The number of aromatic nitrogens is 2. The highest BCUT2D eigenvalue weighted by Gasteiger charge is 2.05. The van der Waals surface area contributed by atoms with Crippen LogP contribution in [0.2, 0.25) is 0 Å². The molecule has 0 amide bonds. The van der Waals surface area contributed by atoms with Crippen molar-refractivity contribution in [3.63, 3.8) is 0 Å². The summed E-state index contributed by atoms with van der Waals surface area (Å²) in [6.45, 7) is 1.98. The van der Waals surface area contributed by atoms with Crippen molar-refractivity contribution >= 4 is 11.6 Å². The minimum absolute atomic E-state index is 0.0271. The van der Waals surface area contributed by atoms with Gasteiger partial charge in [0.2, 0.25) is 0 Å². The van der Waals surface area contributed by atoms with E-state index in [0.29, 0.717) is 5.69 Å². The second-order valence-electron chi connectivity index (χ2n) is 3.27. The number of pyridine rings is 1. The molecule has 0 aliphatic rings. The monoisotopic (exact) mass is 190 g/mol. The minimum Gasteiger partial charge on any atom is -0.481 e. The Kier molecular flexibility index (Phi) is 1.96. The quantitative estimate of drug-likeness (QED) is 0.775. The van der Waals surface area contributed by atoms with Gasteiger partial charge in [-0.1, -0.05) is 0 Å². The van der Waals surface area contributed by atoms with Gasteiger partial charge in [0.05, 0.1) is 12.1 Å². The van der Waals surface area contributed by atoms with Gasteiger partial charge in [0, 0.05) is 12.4 Å². The summed E-state index contributed by atoms with van der Waals surface area (Å²) in [4.78, 5) is 14.7. The van der Waals surface area contributed by atoms with Crippen LogP contribution in [-0.2, 0) is 11.2 Å². The molecule has 0 unspecified atom stereocenters. The SMILES string of the molecule is Cc1ccn2cc(CC(=O)O)nc2c1. The third kappa shape index (κ3) is 1.59. The van der Waals surface area contributed by atoms with Gasteiger partial charge >= 0.3 is 5.97 Å². The van der Waals surface area contributed by atoms with E-state index in [4.69, 9.17) is 5.11 Å². The van der Waals surface area contributed by atoms with E-state index in [9.17, 15) is 4.79 Å². The summed E-state index contributed by atoms with van der Waals surface area (Å²) < 4.78 is 1.82. The molecule has 0 aliphatic carbocycles. The molecular weight excluding hydrogens is 180 g/mol. The largest absolute Gasteiger partial charge is 0.481 e. The van der Waals surface area contributed by atoms with E-state index in [2.05, 4.69) is 4.98 Å². The number of hydrogen-bond donors (Lipinski definition) is 1. The predicted molar refractivity (Wildman–Crippen MR) is 51.3 cm³/mol. The van der Waals surface area contributed by atoms with Crippen molar-refractivity contribution in [1.82, 2.24) is 9.38 Å². The summed E-state index contributed by atoms with van der Waals surface area (Å²) in [5.74, 6) is -0.856. The van der Waals surface area contributed by atoms with Crippen molar-refractivity contribution in [2.75, 3.05) is 0 Å². The number of nitrogens with zero attached hydrogens (tertiary/aromatic N) is 2. The van der Waals surface area contributed by atoms with E-state index in [0.717, 1.165) is 11.2 Å². The van der Waals surface area contributed by atoms with Crippen molar-refractivity contribution in [2.45, 2.75) is 13.3 Å². The van der Waals surface area contributed by atoms with Gasteiger partial charge in [-0.3, -0.25) is 4.79 Å². The summed E-state index contributed by atoms with van der Waals surface area (Å²) in [7, 11) is 0. The maximum atomic E-state index is 10.5. The van der Waals surface area contributed by atoms with Gasteiger partial charge in [0.1, 0.15) is 5.65 Å². The number of hydrogen-bond acceptors (Lipinski definition) is 2. The molecule has 2 heterocycles. The normalized spacial score (nSPS) is 10.6. The number of carboxylic acid groups (broad SMARTS) is 1. The first-order valence-corrected chi connectivity index (χ1v) is 4.31. The van der Waals surface area contributed by atoms with Gasteiger partial charge in [-0.25, -0.2) is 4.98 Å². The van der Waals surface area contributed by atoms with E-state index in [1.165, 1.54) is 0 Å². The van der Waals surface area contributed by atoms with Crippen LogP contribution < -0.4 is 0 Å². The highest BCUT2D eigenvalue weighted by atomic mass is 16.4. The average Bonchev–Trinajstić information content (AvgIpc) is 2.44.